The van der Waals surface area contributed by atoms with Crippen molar-refractivity contribution in [2.24, 2.45) is 7.05 Å². The smallest absolute Gasteiger partial charge is 0.241 e. The van der Waals surface area contributed by atoms with Crippen molar-refractivity contribution in [3.05, 3.63) is 113 Å². The van der Waals surface area contributed by atoms with Gasteiger partial charge in [-0.05, 0) is 72.2 Å². The maximum absolute atomic E-state index is 13.8. The van der Waals surface area contributed by atoms with E-state index >= 15 is 0 Å². The minimum absolute atomic E-state index is 0.0221. The van der Waals surface area contributed by atoms with Crippen molar-refractivity contribution in [2.75, 3.05) is 4.90 Å². The standard InChI is InChI=1S/C31H33ClN4O3S/c1-22(23-8-4-3-5-9-23)18-31(37)36(21-30-33-16-17-35(30)2)26-15-14-24-10-6-13-29(28(24)20-26)34-40(38,39)27-12-7-11-25(32)19-27/h3-5,7-9,11-12,14-17,19-20,22,29,34H,6,10,13,18,21H2,1-2H3/t22-,29+/m1/s1. The summed E-state index contributed by atoms with van der Waals surface area (Å²) in [6, 6.07) is 21.8. The quantitative estimate of drug-likeness (QED) is 0.259. The van der Waals surface area contributed by atoms with Gasteiger partial charge < -0.3 is 9.47 Å². The molecule has 1 N–H and O–H groups in total. The van der Waals surface area contributed by atoms with Crippen LogP contribution in [0.2, 0.25) is 5.02 Å². The number of rotatable bonds is 9. The largest absolute Gasteiger partial charge is 0.337 e. The Morgan fingerprint density at radius 2 is 1.93 bits per heavy atom. The molecule has 208 valence electrons. The first kappa shape index (κ1) is 28.1. The van der Waals surface area contributed by atoms with Gasteiger partial charge in [0, 0.05) is 42.6 Å². The molecule has 0 spiro atoms. The Bertz CT molecular complexity index is 1600. The number of sulfonamides is 1. The third-order valence-corrected chi connectivity index (χ3v) is 9.23. The van der Waals surface area contributed by atoms with Crippen molar-refractivity contribution in [1.29, 1.82) is 0 Å². The number of carbonyl (C=O) groups is 1. The summed E-state index contributed by atoms with van der Waals surface area (Å²) >= 11 is 6.07. The first-order chi connectivity index (χ1) is 19.2. The maximum Gasteiger partial charge on any atom is 0.241 e. The van der Waals surface area contributed by atoms with Gasteiger partial charge in [-0.1, -0.05) is 61.0 Å². The van der Waals surface area contributed by atoms with Gasteiger partial charge >= 0.3 is 0 Å². The Morgan fingerprint density at radius 3 is 2.65 bits per heavy atom. The lowest BCUT2D eigenvalue weighted by Gasteiger charge is -2.30. The van der Waals surface area contributed by atoms with E-state index < -0.39 is 16.1 Å². The molecule has 0 fully saturated rings. The highest BCUT2D eigenvalue weighted by atomic mass is 35.5. The monoisotopic (exact) mass is 576 g/mol. The zero-order valence-electron chi connectivity index (χ0n) is 22.6. The molecular formula is C31H33ClN4O3S. The van der Waals surface area contributed by atoms with E-state index in [2.05, 4.69) is 16.6 Å². The van der Waals surface area contributed by atoms with Crippen molar-refractivity contribution in [3.8, 4) is 0 Å². The molecule has 0 radical (unpaired) electrons. The van der Waals surface area contributed by atoms with Gasteiger partial charge in [-0.25, -0.2) is 18.1 Å². The van der Waals surface area contributed by atoms with E-state index in [1.54, 1.807) is 23.2 Å². The second kappa shape index (κ2) is 12.0. The summed E-state index contributed by atoms with van der Waals surface area (Å²) in [6.07, 6.45) is 6.28. The maximum atomic E-state index is 13.8. The summed E-state index contributed by atoms with van der Waals surface area (Å²) < 4.78 is 31.3. The van der Waals surface area contributed by atoms with Gasteiger partial charge in [-0.3, -0.25) is 4.79 Å². The lowest BCUT2D eigenvalue weighted by molar-refractivity contribution is -0.119. The summed E-state index contributed by atoms with van der Waals surface area (Å²) in [7, 11) is -1.89. The zero-order chi connectivity index (χ0) is 28.3. The number of hydrogen-bond donors (Lipinski definition) is 1. The number of hydrogen-bond acceptors (Lipinski definition) is 4. The summed E-state index contributed by atoms with van der Waals surface area (Å²) in [5.74, 6) is 0.773. The highest BCUT2D eigenvalue weighted by Crippen LogP contribution is 2.35. The molecule has 4 aromatic rings. The number of aromatic nitrogens is 2. The van der Waals surface area contributed by atoms with Crippen LogP contribution in [0, 0.1) is 0 Å². The number of fused-ring (bicyclic) bond motifs is 1. The Balaban J connectivity index is 1.46. The number of imidazole rings is 1. The molecule has 1 aliphatic rings. The Morgan fingerprint density at radius 1 is 1.12 bits per heavy atom. The molecule has 0 saturated carbocycles. The topological polar surface area (TPSA) is 84.3 Å². The van der Waals surface area contributed by atoms with Crippen LogP contribution in [-0.2, 0) is 34.8 Å². The lowest BCUT2D eigenvalue weighted by Crippen LogP contribution is -2.34. The summed E-state index contributed by atoms with van der Waals surface area (Å²) in [4.78, 5) is 20.2. The van der Waals surface area contributed by atoms with E-state index in [-0.39, 0.29) is 16.7 Å². The Hall–Kier alpha value is -3.46. The number of halogens is 1. The summed E-state index contributed by atoms with van der Waals surface area (Å²) in [5.41, 5.74) is 3.80. The second-order valence-corrected chi connectivity index (χ2v) is 12.5. The van der Waals surface area contributed by atoms with Crippen molar-refractivity contribution in [3.63, 3.8) is 0 Å². The van der Waals surface area contributed by atoms with Crippen LogP contribution in [0.4, 0.5) is 5.69 Å². The molecule has 40 heavy (non-hydrogen) atoms. The van der Waals surface area contributed by atoms with Gasteiger partial charge in [0.25, 0.3) is 0 Å². The van der Waals surface area contributed by atoms with Crippen molar-refractivity contribution in [2.45, 2.75) is 56.0 Å². The molecule has 2 atom stereocenters. The van der Waals surface area contributed by atoms with Crippen LogP contribution in [0.3, 0.4) is 0 Å². The van der Waals surface area contributed by atoms with Gasteiger partial charge in [0.15, 0.2) is 0 Å². The minimum atomic E-state index is -3.80. The van der Waals surface area contributed by atoms with Gasteiger partial charge in [0.2, 0.25) is 15.9 Å². The van der Waals surface area contributed by atoms with Gasteiger partial charge in [-0.2, -0.15) is 0 Å². The molecule has 0 unspecified atom stereocenters. The van der Waals surface area contributed by atoms with E-state index in [1.807, 2.05) is 66.3 Å². The average molecular weight is 577 g/mol. The first-order valence-corrected chi connectivity index (χ1v) is 15.3. The van der Waals surface area contributed by atoms with Gasteiger partial charge in [0.1, 0.15) is 5.82 Å². The fourth-order valence-corrected chi connectivity index (χ4v) is 6.80. The summed E-state index contributed by atoms with van der Waals surface area (Å²) in [6.45, 7) is 2.36. The van der Waals surface area contributed by atoms with Crippen LogP contribution in [-0.4, -0.2) is 23.9 Å². The zero-order valence-corrected chi connectivity index (χ0v) is 24.2. The van der Waals surface area contributed by atoms with Crippen LogP contribution < -0.4 is 9.62 Å². The van der Waals surface area contributed by atoms with E-state index in [0.717, 1.165) is 41.0 Å². The molecule has 1 aliphatic carbocycles. The van der Waals surface area contributed by atoms with E-state index in [9.17, 15) is 13.2 Å². The molecule has 9 heteroatoms. The molecule has 0 aliphatic heterocycles. The molecule has 1 amide bonds. The number of aryl methyl sites for hydroxylation is 2. The average Bonchev–Trinajstić information content (AvgIpc) is 3.36. The van der Waals surface area contributed by atoms with Crippen LogP contribution in [0.25, 0.3) is 0 Å². The first-order valence-electron chi connectivity index (χ1n) is 13.4. The number of anilines is 1. The predicted octanol–water partition coefficient (Wildman–Crippen LogP) is 6.16. The number of benzene rings is 3. The highest BCUT2D eigenvalue weighted by molar-refractivity contribution is 7.89. The number of nitrogens with zero attached hydrogens (tertiary/aromatic N) is 3. The fourth-order valence-electron chi connectivity index (χ4n) is 5.25. The third-order valence-electron chi connectivity index (χ3n) is 7.53. The van der Waals surface area contributed by atoms with Crippen molar-refractivity contribution < 1.29 is 13.2 Å². The number of carbonyl (C=O) groups excluding carboxylic acids is 1. The molecule has 0 bridgehead atoms. The van der Waals surface area contributed by atoms with Gasteiger partial charge in [-0.15, -0.1) is 0 Å². The molecule has 1 aromatic heterocycles. The fraction of sp³-hybridized carbons (Fsp3) is 0.290. The van der Waals surface area contributed by atoms with Crippen LogP contribution in [0.1, 0.15) is 60.7 Å². The lowest BCUT2D eigenvalue weighted by atomic mass is 9.87. The van der Waals surface area contributed by atoms with Crippen LogP contribution in [0.5, 0.6) is 0 Å². The SMILES string of the molecule is C[C@H](CC(=O)N(Cc1nccn1C)c1ccc2c(c1)[C@@H](NS(=O)(=O)c1cccc(Cl)c1)CCC2)c1ccccc1. The second-order valence-electron chi connectivity index (χ2n) is 10.4. The Labute approximate surface area is 240 Å². The molecule has 7 nitrogen and oxygen atoms in total. The summed E-state index contributed by atoms with van der Waals surface area (Å²) in [5, 5.41) is 0.363. The molecule has 5 rings (SSSR count). The van der Waals surface area contributed by atoms with Crippen molar-refractivity contribution >= 4 is 33.2 Å². The van der Waals surface area contributed by atoms with Gasteiger partial charge in [0.05, 0.1) is 11.4 Å². The number of nitrogens with one attached hydrogen (secondary N) is 1. The molecule has 1 heterocycles. The van der Waals surface area contributed by atoms with Crippen molar-refractivity contribution in [1.82, 2.24) is 14.3 Å². The molecule has 3 aromatic carbocycles. The number of amides is 1. The highest BCUT2D eigenvalue weighted by Gasteiger charge is 2.28. The van der Waals surface area contributed by atoms with E-state index in [1.165, 1.54) is 12.1 Å². The predicted molar refractivity (Wildman–Crippen MR) is 158 cm³/mol. The third kappa shape index (κ3) is 6.30. The van der Waals surface area contributed by atoms with Crippen LogP contribution >= 0.6 is 11.6 Å². The van der Waals surface area contributed by atoms with E-state index in [4.69, 9.17) is 11.6 Å². The molecule has 0 saturated heterocycles. The normalized spacial score (nSPS) is 15.8. The molecular weight excluding hydrogens is 544 g/mol. The van der Waals surface area contributed by atoms with E-state index in [0.29, 0.717) is 24.4 Å². The Kier molecular flexibility index (Phi) is 8.40. The van der Waals surface area contributed by atoms with Crippen LogP contribution in [0.15, 0.2) is 90.1 Å². The minimum Gasteiger partial charge on any atom is -0.337 e.